The Kier molecular flexibility index (Phi) is 4.52. The fourth-order valence-corrected chi connectivity index (χ4v) is 2.79. The zero-order chi connectivity index (χ0) is 18.0. The summed E-state index contributed by atoms with van der Waals surface area (Å²) in [5, 5.41) is 12.7. The maximum absolute atomic E-state index is 14.1. The summed E-state index contributed by atoms with van der Waals surface area (Å²) >= 11 is 0. The Morgan fingerprint density at radius 2 is 2.04 bits per heavy atom. The van der Waals surface area contributed by atoms with Gasteiger partial charge in [-0.2, -0.15) is 10.4 Å². The van der Waals surface area contributed by atoms with E-state index in [0.29, 0.717) is 31.9 Å². The highest BCUT2D eigenvalue weighted by atomic mass is 19.1. The maximum atomic E-state index is 14.1. The molecule has 1 aromatic carbocycles. The fraction of sp³-hybridized carbons (Fsp3) is 0.375. The summed E-state index contributed by atoms with van der Waals surface area (Å²) in [5.41, 5.74) is 0.356. The molecule has 0 spiro atoms. The third kappa shape index (κ3) is 3.38. The molecular formula is C16H17FN6O2. The summed E-state index contributed by atoms with van der Waals surface area (Å²) in [7, 11) is 1.57. The number of piperazine rings is 1. The highest BCUT2D eigenvalue weighted by molar-refractivity contribution is 5.76. The fourth-order valence-electron chi connectivity index (χ4n) is 2.79. The number of anilines is 1. The van der Waals surface area contributed by atoms with Gasteiger partial charge in [0.15, 0.2) is 0 Å². The van der Waals surface area contributed by atoms with E-state index in [9.17, 15) is 14.0 Å². The number of halogens is 1. The van der Waals surface area contributed by atoms with Crippen molar-refractivity contribution < 1.29 is 9.18 Å². The Labute approximate surface area is 143 Å². The summed E-state index contributed by atoms with van der Waals surface area (Å²) in [5.74, 6) is -0.639. The summed E-state index contributed by atoms with van der Waals surface area (Å²) < 4.78 is 16.5. The smallest absolute Gasteiger partial charge is 0.345 e. The first-order chi connectivity index (χ1) is 12.0. The molecule has 0 aliphatic carbocycles. The Bertz CT molecular complexity index is 889. The summed E-state index contributed by atoms with van der Waals surface area (Å²) in [6, 6.07) is 6.27. The van der Waals surface area contributed by atoms with Gasteiger partial charge in [0.05, 0.1) is 17.3 Å². The largest absolute Gasteiger partial charge is 0.366 e. The molecule has 2 aromatic rings. The van der Waals surface area contributed by atoms with Crippen LogP contribution in [0.25, 0.3) is 0 Å². The second kappa shape index (κ2) is 6.76. The number of nitrogens with zero attached hydrogens (tertiary/aromatic N) is 6. The van der Waals surface area contributed by atoms with Crippen LogP contribution >= 0.6 is 0 Å². The van der Waals surface area contributed by atoms with E-state index in [4.69, 9.17) is 5.26 Å². The van der Waals surface area contributed by atoms with E-state index in [0.717, 1.165) is 4.68 Å². The van der Waals surface area contributed by atoms with Gasteiger partial charge in [-0.1, -0.05) is 0 Å². The van der Waals surface area contributed by atoms with Crippen molar-refractivity contribution >= 4 is 11.6 Å². The van der Waals surface area contributed by atoms with Crippen molar-refractivity contribution in [3.05, 3.63) is 46.4 Å². The van der Waals surface area contributed by atoms with E-state index in [1.165, 1.54) is 17.0 Å². The van der Waals surface area contributed by atoms with Crippen LogP contribution in [0.3, 0.4) is 0 Å². The lowest BCUT2D eigenvalue weighted by molar-refractivity contribution is -0.132. The molecule has 1 aromatic heterocycles. The van der Waals surface area contributed by atoms with Crippen LogP contribution in [0, 0.1) is 17.1 Å². The molecule has 0 atom stereocenters. The molecule has 8 nitrogen and oxygen atoms in total. The normalized spacial score (nSPS) is 14.4. The maximum Gasteiger partial charge on any atom is 0.345 e. The number of hydrogen-bond acceptors (Lipinski definition) is 5. The minimum atomic E-state index is -0.445. The van der Waals surface area contributed by atoms with Gasteiger partial charge in [0.25, 0.3) is 0 Å². The van der Waals surface area contributed by atoms with Crippen LogP contribution in [-0.2, 0) is 18.4 Å². The van der Waals surface area contributed by atoms with E-state index >= 15 is 0 Å². The zero-order valence-corrected chi connectivity index (χ0v) is 13.7. The highest BCUT2D eigenvalue weighted by Gasteiger charge is 2.23. The molecule has 1 saturated heterocycles. The number of aromatic nitrogens is 3. The van der Waals surface area contributed by atoms with Gasteiger partial charge >= 0.3 is 5.69 Å². The first-order valence-electron chi connectivity index (χ1n) is 7.80. The number of nitriles is 1. The number of carbonyl (C=O) groups excluding carboxylic acids is 1. The van der Waals surface area contributed by atoms with Crippen molar-refractivity contribution in [1.29, 1.82) is 5.26 Å². The van der Waals surface area contributed by atoms with Gasteiger partial charge in [0, 0.05) is 33.2 Å². The van der Waals surface area contributed by atoms with Gasteiger partial charge in [-0.3, -0.25) is 9.36 Å². The number of amides is 1. The second-order valence-electron chi connectivity index (χ2n) is 5.83. The molecule has 1 fully saturated rings. The van der Waals surface area contributed by atoms with Crippen molar-refractivity contribution in [2.75, 3.05) is 31.1 Å². The molecule has 0 N–H and O–H groups in total. The Hall–Kier alpha value is -3.15. The molecule has 130 valence electrons. The predicted octanol–water partition coefficient (Wildman–Crippen LogP) is -0.0586. The van der Waals surface area contributed by atoms with Gasteiger partial charge in [-0.05, 0) is 18.2 Å². The molecule has 0 saturated carbocycles. The average molecular weight is 344 g/mol. The molecule has 0 unspecified atom stereocenters. The molecule has 9 heteroatoms. The van der Waals surface area contributed by atoms with E-state index in [1.54, 1.807) is 24.1 Å². The summed E-state index contributed by atoms with van der Waals surface area (Å²) in [4.78, 5) is 27.5. The molecular weight excluding hydrogens is 327 g/mol. The van der Waals surface area contributed by atoms with E-state index in [-0.39, 0.29) is 23.7 Å². The lowest BCUT2D eigenvalue weighted by Gasteiger charge is -2.36. The first-order valence-corrected chi connectivity index (χ1v) is 7.80. The number of benzene rings is 1. The average Bonchev–Trinajstić information content (AvgIpc) is 2.94. The molecule has 1 amide bonds. The molecule has 25 heavy (non-hydrogen) atoms. The van der Waals surface area contributed by atoms with Crippen molar-refractivity contribution in [3.63, 3.8) is 0 Å². The van der Waals surface area contributed by atoms with Gasteiger partial charge in [-0.15, -0.1) is 0 Å². The number of rotatable bonds is 3. The van der Waals surface area contributed by atoms with Crippen LogP contribution in [-0.4, -0.2) is 51.3 Å². The first kappa shape index (κ1) is 16.7. The lowest BCUT2D eigenvalue weighted by Crippen LogP contribution is -2.50. The standard InChI is InChI=1S/C16H17FN6O2/c1-20-11-19-23(16(20)25)10-15(24)22-6-4-21(5-7-22)14-3-2-12(9-18)8-13(14)17/h2-3,8,11H,4-7,10H2,1H3. The number of hydrogen-bond donors (Lipinski definition) is 0. The van der Waals surface area contributed by atoms with Crippen LogP contribution in [0.5, 0.6) is 0 Å². The van der Waals surface area contributed by atoms with Gasteiger partial charge < -0.3 is 9.80 Å². The molecule has 1 aliphatic rings. The quantitative estimate of drug-likeness (QED) is 0.779. The van der Waals surface area contributed by atoms with Gasteiger partial charge in [0.2, 0.25) is 5.91 Å². The van der Waals surface area contributed by atoms with Gasteiger partial charge in [-0.25, -0.2) is 13.9 Å². The van der Waals surface area contributed by atoms with Gasteiger partial charge in [0.1, 0.15) is 18.7 Å². The van der Waals surface area contributed by atoms with E-state index in [1.807, 2.05) is 11.0 Å². The molecule has 0 bridgehead atoms. The summed E-state index contributed by atoms with van der Waals surface area (Å²) in [6.07, 6.45) is 1.36. The van der Waals surface area contributed by atoms with Crippen LogP contribution in [0.1, 0.15) is 5.56 Å². The second-order valence-corrected chi connectivity index (χ2v) is 5.83. The Morgan fingerprint density at radius 3 is 2.60 bits per heavy atom. The monoisotopic (exact) mass is 344 g/mol. The Balaban J connectivity index is 1.62. The topological polar surface area (TPSA) is 87.2 Å². The van der Waals surface area contributed by atoms with Crippen molar-refractivity contribution in [2.24, 2.45) is 7.05 Å². The highest BCUT2D eigenvalue weighted by Crippen LogP contribution is 2.21. The number of carbonyl (C=O) groups is 1. The van der Waals surface area contributed by atoms with E-state index in [2.05, 4.69) is 5.10 Å². The zero-order valence-electron chi connectivity index (χ0n) is 13.7. The molecule has 0 radical (unpaired) electrons. The Morgan fingerprint density at radius 1 is 1.32 bits per heavy atom. The third-order valence-corrected chi connectivity index (χ3v) is 4.22. The lowest BCUT2D eigenvalue weighted by atomic mass is 10.2. The number of aryl methyl sites for hydroxylation is 1. The van der Waals surface area contributed by atoms with Crippen molar-refractivity contribution in [1.82, 2.24) is 19.2 Å². The van der Waals surface area contributed by atoms with Crippen LogP contribution in [0.4, 0.5) is 10.1 Å². The SMILES string of the molecule is Cn1cnn(CC(=O)N2CCN(c3ccc(C#N)cc3F)CC2)c1=O. The molecule has 3 rings (SSSR count). The molecule has 2 heterocycles. The summed E-state index contributed by atoms with van der Waals surface area (Å²) in [6.45, 7) is 1.71. The van der Waals surface area contributed by atoms with Crippen molar-refractivity contribution in [3.8, 4) is 6.07 Å². The van der Waals surface area contributed by atoms with Crippen LogP contribution in [0.2, 0.25) is 0 Å². The van der Waals surface area contributed by atoms with Crippen LogP contribution in [0.15, 0.2) is 29.3 Å². The van der Waals surface area contributed by atoms with Crippen LogP contribution < -0.4 is 10.6 Å². The van der Waals surface area contributed by atoms with E-state index < -0.39 is 5.82 Å². The predicted molar refractivity (Wildman–Crippen MR) is 87.4 cm³/mol. The third-order valence-electron chi connectivity index (χ3n) is 4.22. The van der Waals surface area contributed by atoms with Crippen molar-refractivity contribution in [2.45, 2.75) is 6.54 Å². The minimum absolute atomic E-state index is 0.106. The minimum Gasteiger partial charge on any atom is -0.366 e. The molecule has 1 aliphatic heterocycles.